The van der Waals surface area contributed by atoms with Crippen molar-refractivity contribution in [1.29, 1.82) is 0 Å². The molecule has 0 atom stereocenters. The molecular formula is C11H5Cl2F3N2. The van der Waals surface area contributed by atoms with Gasteiger partial charge in [-0.15, -0.1) is 0 Å². The summed E-state index contributed by atoms with van der Waals surface area (Å²) in [6.07, 6.45) is -0.00556. The zero-order valence-electron chi connectivity index (χ0n) is 8.72. The van der Waals surface area contributed by atoms with E-state index < -0.39 is 27.8 Å². The van der Waals surface area contributed by atoms with E-state index in [0.29, 0.717) is 5.56 Å². The van der Waals surface area contributed by atoms with Gasteiger partial charge in [0.15, 0.2) is 16.1 Å². The summed E-state index contributed by atoms with van der Waals surface area (Å²) >= 11 is 11.0. The molecular weight excluding hydrogens is 288 g/mol. The minimum atomic E-state index is -0.924. The van der Waals surface area contributed by atoms with Gasteiger partial charge in [-0.25, -0.2) is 23.1 Å². The molecule has 0 saturated heterocycles. The Kier molecular flexibility index (Phi) is 3.73. The van der Waals surface area contributed by atoms with Crippen LogP contribution in [-0.2, 0) is 6.42 Å². The largest absolute Gasteiger partial charge is 0.218 e. The summed E-state index contributed by atoms with van der Waals surface area (Å²) in [5.41, 5.74) is 0.297. The highest BCUT2D eigenvalue weighted by Gasteiger charge is 2.12. The van der Waals surface area contributed by atoms with Crippen LogP contribution in [-0.4, -0.2) is 9.97 Å². The van der Waals surface area contributed by atoms with Gasteiger partial charge in [-0.2, -0.15) is 0 Å². The molecule has 0 aliphatic carbocycles. The summed E-state index contributed by atoms with van der Waals surface area (Å²) in [6.45, 7) is 0. The van der Waals surface area contributed by atoms with Crippen molar-refractivity contribution >= 4 is 23.2 Å². The van der Waals surface area contributed by atoms with Crippen molar-refractivity contribution in [1.82, 2.24) is 9.97 Å². The fraction of sp³-hybridized carbons (Fsp3) is 0.0909. The molecule has 94 valence electrons. The number of halogens is 5. The minimum absolute atomic E-state index is 0.00556. The summed E-state index contributed by atoms with van der Waals surface area (Å²) in [7, 11) is 0. The van der Waals surface area contributed by atoms with E-state index in [1.54, 1.807) is 0 Å². The average molecular weight is 293 g/mol. The lowest BCUT2D eigenvalue weighted by Gasteiger charge is -2.03. The van der Waals surface area contributed by atoms with Gasteiger partial charge < -0.3 is 0 Å². The van der Waals surface area contributed by atoms with Gasteiger partial charge in [-0.05, 0) is 17.7 Å². The molecule has 2 nitrogen and oxygen atoms in total. The lowest BCUT2D eigenvalue weighted by molar-refractivity contribution is 0.579. The Bertz CT molecular complexity index is 562. The first-order chi connectivity index (χ1) is 8.45. The molecule has 2 rings (SSSR count). The fourth-order valence-corrected chi connectivity index (χ4v) is 1.83. The molecule has 0 saturated carbocycles. The first-order valence-electron chi connectivity index (χ1n) is 4.78. The highest BCUT2D eigenvalue weighted by atomic mass is 35.5. The zero-order valence-corrected chi connectivity index (χ0v) is 10.2. The van der Waals surface area contributed by atoms with Gasteiger partial charge in [0.2, 0.25) is 0 Å². The molecule has 1 heterocycles. The maximum Gasteiger partial charge on any atom is 0.197 e. The van der Waals surface area contributed by atoms with Crippen LogP contribution in [0, 0.1) is 17.5 Å². The molecule has 1 aromatic heterocycles. The number of nitrogens with zero attached hydrogens (tertiary/aromatic N) is 2. The first kappa shape index (κ1) is 13.1. The SMILES string of the molecule is Fc1cc(F)cc(Cc2nc(Cl)c(F)c(Cl)n2)c1. The average Bonchev–Trinajstić information content (AvgIpc) is 2.24. The van der Waals surface area contributed by atoms with E-state index in [-0.39, 0.29) is 12.2 Å². The molecule has 0 fully saturated rings. The van der Waals surface area contributed by atoms with Crippen molar-refractivity contribution in [2.45, 2.75) is 6.42 Å². The molecule has 0 aliphatic heterocycles. The smallest absolute Gasteiger partial charge is 0.197 e. The summed E-state index contributed by atoms with van der Waals surface area (Å²) in [5.74, 6) is -2.28. The lowest BCUT2D eigenvalue weighted by Crippen LogP contribution is -2.01. The first-order valence-corrected chi connectivity index (χ1v) is 5.53. The Balaban J connectivity index is 2.34. The predicted molar refractivity (Wildman–Crippen MR) is 61.2 cm³/mol. The van der Waals surface area contributed by atoms with E-state index in [1.165, 1.54) is 0 Å². The molecule has 7 heteroatoms. The van der Waals surface area contributed by atoms with Crippen molar-refractivity contribution in [3.8, 4) is 0 Å². The van der Waals surface area contributed by atoms with Crippen molar-refractivity contribution in [2.75, 3.05) is 0 Å². The molecule has 2 aromatic rings. The second kappa shape index (κ2) is 5.12. The Morgan fingerprint density at radius 3 is 1.89 bits per heavy atom. The Labute approximate surface area is 110 Å². The normalized spacial score (nSPS) is 10.7. The van der Waals surface area contributed by atoms with Crippen LogP contribution in [0.5, 0.6) is 0 Å². The molecule has 0 bridgehead atoms. The van der Waals surface area contributed by atoms with Crippen LogP contribution < -0.4 is 0 Å². The second-order valence-electron chi connectivity index (χ2n) is 3.49. The number of benzene rings is 1. The summed E-state index contributed by atoms with van der Waals surface area (Å²) in [6, 6.07) is 2.99. The van der Waals surface area contributed by atoms with E-state index in [1.807, 2.05) is 0 Å². The molecule has 0 N–H and O–H groups in total. The zero-order chi connectivity index (χ0) is 13.3. The van der Waals surface area contributed by atoms with Crippen molar-refractivity contribution in [3.63, 3.8) is 0 Å². The molecule has 0 spiro atoms. The van der Waals surface area contributed by atoms with E-state index in [2.05, 4.69) is 9.97 Å². The molecule has 0 aliphatic rings. The van der Waals surface area contributed by atoms with Crippen LogP contribution in [0.2, 0.25) is 10.3 Å². The summed E-state index contributed by atoms with van der Waals surface area (Å²) < 4.78 is 39.0. The third-order valence-electron chi connectivity index (χ3n) is 2.10. The maximum atomic E-state index is 13.1. The molecule has 18 heavy (non-hydrogen) atoms. The van der Waals surface area contributed by atoms with Crippen LogP contribution in [0.25, 0.3) is 0 Å². The van der Waals surface area contributed by atoms with E-state index in [4.69, 9.17) is 23.2 Å². The van der Waals surface area contributed by atoms with E-state index in [0.717, 1.165) is 18.2 Å². The second-order valence-corrected chi connectivity index (χ2v) is 4.21. The maximum absolute atomic E-state index is 13.1. The van der Waals surface area contributed by atoms with E-state index in [9.17, 15) is 13.2 Å². The van der Waals surface area contributed by atoms with Gasteiger partial charge in [-0.3, -0.25) is 0 Å². The number of hydrogen-bond donors (Lipinski definition) is 0. The van der Waals surface area contributed by atoms with E-state index >= 15 is 0 Å². The van der Waals surface area contributed by atoms with Gasteiger partial charge >= 0.3 is 0 Å². The predicted octanol–water partition coefficient (Wildman–Crippen LogP) is 3.79. The van der Waals surface area contributed by atoms with Crippen molar-refractivity contribution in [3.05, 3.63) is 57.3 Å². The molecule has 0 radical (unpaired) electrons. The highest BCUT2D eigenvalue weighted by molar-refractivity contribution is 6.33. The number of rotatable bonds is 2. The van der Waals surface area contributed by atoms with Crippen LogP contribution in [0.4, 0.5) is 13.2 Å². The Morgan fingerprint density at radius 1 is 0.889 bits per heavy atom. The monoisotopic (exact) mass is 292 g/mol. The van der Waals surface area contributed by atoms with Crippen LogP contribution in [0.15, 0.2) is 18.2 Å². The lowest BCUT2D eigenvalue weighted by atomic mass is 10.1. The van der Waals surface area contributed by atoms with Gasteiger partial charge in [0, 0.05) is 12.5 Å². The molecule has 0 amide bonds. The van der Waals surface area contributed by atoms with Crippen molar-refractivity contribution < 1.29 is 13.2 Å². The van der Waals surface area contributed by atoms with Gasteiger partial charge in [0.25, 0.3) is 0 Å². The quantitative estimate of drug-likeness (QED) is 0.787. The highest BCUT2D eigenvalue weighted by Crippen LogP contribution is 2.20. The fourth-order valence-electron chi connectivity index (χ4n) is 1.41. The van der Waals surface area contributed by atoms with Crippen molar-refractivity contribution in [2.24, 2.45) is 0 Å². The summed E-state index contributed by atoms with van der Waals surface area (Å²) in [4.78, 5) is 7.28. The van der Waals surface area contributed by atoms with Crippen LogP contribution in [0.1, 0.15) is 11.4 Å². The Morgan fingerprint density at radius 2 is 1.39 bits per heavy atom. The van der Waals surface area contributed by atoms with Gasteiger partial charge in [0.1, 0.15) is 17.5 Å². The summed E-state index contributed by atoms with van der Waals surface area (Å²) in [5, 5.41) is -0.858. The van der Waals surface area contributed by atoms with Crippen LogP contribution in [0.3, 0.4) is 0 Å². The third-order valence-corrected chi connectivity index (χ3v) is 2.60. The number of hydrogen-bond acceptors (Lipinski definition) is 2. The van der Waals surface area contributed by atoms with Gasteiger partial charge in [-0.1, -0.05) is 23.2 Å². The third kappa shape index (κ3) is 2.91. The Hall–Kier alpha value is -1.33. The number of aromatic nitrogens is 2. The molecule has 0 unspecified atom stereocenters. The molecule has 1 aromatic carbocycles. The topological polar surface area (TPSA) is 25.8 Å². The minimum Gasteiger partial charge on any atom is -0.218 e. The van der Waals surface area contributed by atoms with Gasteiger partial charge in [0.05, 0.1) is 0 Å². The van der Waals surface area contributed by atoms with Crippen LogP contribution >= 0.6 is 23.2 Å². The standard InChI is InChI=1S/C11H5Cl2F3N2/c12-10-9(16)11(13)18-8(17-10)3-5-1-6(14)4-7(15)2-5/h1-2,4H,3H2.